The summed E-state index contributed by atoms with van der Waals surface area (Å²) in [5, 5.41) is 2.64. The van der Waals surface area contributed by atoms with Crippen LogP contribution in [0, 0.1) is 6.92 Å². The first-order chi connectivity index (χ1) is 13.9. The summed E-state index contributed by atoms with van der Waals surface area (Å²) >= 11 is 0. The number of rotatable bonds is 4. The Hall–Kier alpha value is -3.29. The van der Waals surface area contributed by atoms with Crippen molar-refractivity contribution in [1.29, 1.82) is 0 Å². The highest BCUT2D eigenvalue weighted by Gasteiger charge is 2.51. The van der Waals surface area contributed by atoms with Gasteiger partial charge in [0.2, 0.25) is 5.91 Å². The molecule has 2 fully saturated rings. The first-order valence-electron chi connectivity index (χ1n) is 9.66. The van der Waals surface area contributed by atoms with E-state index in [-0.39, 0.29) is 12.5 Å². The quantitative estimate of drug-likeness (QED) is 0.795. The van der Waals surface area contributed by atoms with E-state index in [2.05, 4.69) is 35.3 Å². The molecule has 8 heteroatoms. The van der Waals surface area contributed by atoms with E-state index in [1.807, 2.05) is 6.07 Å². The van der Waals surface area contributed by atoms with E-state index in [1.165, 1.54) is 11.8 Å². The molecule has 2 aliphatic heterocycles. The number of imide groups is 1. The molecule has 29 heavy (non-hydrogen) atoms. The molecule has 1 N–H and O–H groups in total. The largest absolute Gasteiger partial charge is 0.466 e. The maximum atomic E-state index is 12.8. The molecule has 1 aromatic carbocycles. The van der Waals surface area contributed by atoms with Crippen molar-refractivity contribution in [2.75, 3.05) is 37.6 Å². The minimum atomic E-state index is -1.29. The van der Waals surface area contributed by atoms with Gasteiger partial charge < -0.3 is 19.5 Å². The van der Waals surface area contributed by atoms with Crippen molar-refractivity contribution in [3.63, 3.8) is 0 Å². The minimum Gasteiger partial charge on any atom is -0.466 e. The molecule has 2 aliphatic rings. The SMILES string of the molecule is Cc1cccc(N2CCN(C(=O)CN3C(=O)NC(C)(c4ccco4)C3=O)CC2)c1. The monoisotopic (exact) mass is 396 g/mol. The smallest absolute Gasteiger partial charge is 0.325 e. The van der Waals surface area contributed by atoms with Gasteiger partial charge in [-0.2, -0.15) is 0 Å². The highest BCUT2D eigenvalue weighted by Crippen LogP contribution is 2.29. The topological polar surface area (TPSA) is 86.1 Å². The fourth-order valence-corrected chi connectivity index (χ4v) is 3.84. The van der Waals surface area contributed by atoms with Crippen molar-refractivity contribution >= 4 is 23.5 Å². The second kappa shape index (κ2) is 7.27. The molecule has 1 unspecified atom stereocenters. The molecule has 3 heterocycles. The first-order valence-corrected chi connectivity index (χ1v) is 9.66. The number of hydrogen-bond donors (Lipinski definition) is 1. The maximum Gasteiger partial charge on any atom is 0.325 e. The lowest BCUT2D eigenvalue weighted by atomic mass is 9.99. The van der Waals surface area contributed by atoms with E-state index < -0.39 is 17.5 Å². The van der Waals surface area contributed by atoms with Gasteiger partial charge in [-0.15, -0.1) is 0 Å². The second-order valence-corrected chi connectivity index (χ2v) is 7.63. The molecular formula is C21H24N4O4. The lowest BCUT2D eigenvalue weighted by Crippen LogP contribution is -2.52. The van der Waals surface area contributed by atoms with Crippen LogP contribution < -0.4 is 10.2 Å². The molecule has 1 atom stereocenters. The molecule has 8 nitrogen and oxygen atoms in total. The number of benzene rings is 1. The van der Waals surface area contributed by atoms with Crippen LogP contribution in [-0.2, 0) is 15.1 Å². The maximum absolute atomic E-state index is 12.8. The summed E-state index contributed by atoms with van der Waals surface area (Å²) < 4.78 is 5.31. The van der Waals surface area contributed by atoms with Crippen LogP contribution in [0.2, 0.25) is 0 Å². The van der Waals surface area contributed by atoms with Crippen molar-refractivity contribution in [3.8, 4) is 0 Å². The first kappa shape index (κ1) is 19.0. The number of carbonyl (C=O) groups is 3. The molecule has 4 rings (SSSR count). The lowest BCUT2D eigenvalue weighted by molar-refractivity contribution is -0.139. The predicted molar refractivity (Wildman–Crippen MR) is 106 cm³/mol. The lowest BCUT2D eigenvalue weighted by Gasteiger charge is -2.36. The fraction of sp³-hybridized carbons (Fsp3) is 0.381. The second-order valence-electron chi connectivity index (χ2n) is 7.63. The van der Waals surface area contributed by atoms with Crippen LogP contribution >= 0.6 is 0 Å². The van der Waals surface area contributed by atoms with Crippen molar-refractivity contribution in [1.82, 2.24) is 15.1 Å². The minimum absolute atomic E-state index is 0.235. The third kappa shape index (κ3) is 3.46. The van der Waals surface area contributed by atoms with Gasteiger partial charge in [0.05, 0.1) is 6.26 Å². The molecule has 0 radical (unpaired) electrons. The molecule has 2 saturated heterocycles. The van der Waals surface area contributed by atoms with Crippen LogP contribution in [-0.4, -0.2) is 60.4 Å². The van der Waals surface area contributed by atoms with Gasteiger partial charge in [-0.05, 0) is 43.7 Å². The zero-order valence-corrected chi connectivity index (χ0v) is 16.6. The predicted octanol–water partition coefficient (Wildman–Crippen LogP) is 1.70. The molecule has 0 spiro atoms. The Morgan fingerprint density at radius 3 is 2.55 bits per heavy atom. The summed E-state index contributed by atoms with van der Waals surface area (Å²) in [6, 6.07) is 11.0. The summed E-state index contributed by atoms with van der Waals surface area (Å²) in [7, 11) is 0. The van der Waals surface area contributed by atoms with E-state index in [0.717, 1.165) is 10.6 Å². The van der Waals surface area contributed by atoms with Gasteiger partial charge in [-0.1, -0.05) is 12.1 Å². The average molecular weight is 396 g/mol. The number of nitrogens with one attached hydrogen (secondary N) is 1. The van der Waals surface area contributed by atoms with Gasteiger partial charge in [0.1, 0.15) is 12.3 Å². The Kier molecular flexibility index (Phi) is 4.77. The molecule has 0 aliphatic carbocycles. The number of hydrogen-bond acceptors (Lipinski definition) is 5. The number of furan rings is 1. The van der Waals surface area contributed by atoms with Crippen LogP contribution in [0.3, 0.4) is 0 Å². The van der Waals surface area contributed by atoms with Crippen molar-refractivity contribution < 1.29 is 18.8 Å². The van der Waals surface area contributed by atoms with Crippen LogP contribution in [0.15, 0.2) is 47.1 Å². The average Bonchev–Trinajstić information content (AvgIpc) is 3.33. The van der Waals surface area contributed by atoms with Crippen molar-refractivity contribution in [2.24, 2.45) is 0 Å². The van der Waals surface area contributed by atoms with Crippen LogP contribution in [0.5, 0.6) is 0 Å². The highest BCUT2D eigenvalue weighted by atomic mass is 16.3. The zero-order chi connectivity index (χ0) is 20.6. The van der Waals surface area contributed by atoms with Crippen molar-refractivity contribution in [3.05, 3.63) is 54.0 Å². The fourth-order valence-electron chi connectivity index (χ4n) is 3.84. The van der Waals surface area contributed by atoms with E-state index in [0.29, 0.717) is 31.9 Å². The standard InChI is InChI=1S/C21H24N4O4/c1-15-5-3-6-16(13-15)23-8-10-24(11-9-23)18(26)14-25-19(27)21(2,22-20(25)28)17-7-4-12-29-17/h3-7,12-13H,8-11,14H2,1-2H3,(H,22,28). The Bertz CT molecular complexity index is 934. The number of piperazine rings is 1. The summed E-state index contributed by atoms with van der Waals surface area (Å²) in [6.07, 6.45) is 1.45. The molecule has 4 amide bonds. The summed E-state index contributed by atoms with van der Waals surface area (Å²) in [6.45, 7) is 5.87. The summed E-state index contributed by atoms with van der Waals surface area (Å²) in [5.41, 5.74) is 1.05. The van der Waals surface area contributed by atoms with Gasteiger partial charge in [0, 0.05) is 31.9 Å². The molecule has 0 saturated carbocycles. The molecule has 2 aromatic rings. The number of anilines is 1. The third-order valence-corrected chi connectivity index (χ3v) is 5.58. The molecule has 0 bridgehead atoms. The third-order valence-electron chi connectivity index (χ3n) is 5.58. The van der Waals surface area contributed by atoms with Crippen molar-refractivity contribution in [2.45, 2.75) is 19.4 Å². The van der Waals surface area contributed by atoms with Gasteiger partial charge in [0.25, 0.3) is 5.91 Å². The van der Waals surface area contributed by atoms with E-state index >= 15 is 0 Å². The molecular weight excluding hydrogens is 372 g/mol. The van der Waals surface area contributed by atoms with E-state index in [9.17, 15) is 14.4 Å². The Labute approximate surface area is 169 Å². The van der Waals surface area contributed by atoms with E-state index in [1.54, 1.807) is 24.0 Å². The van der Waals surface area contributed by atoms with Gasteiger partial charge in [0.15, 0.2) is 5.54 Å². The van der Waals surface area contributed by atoms with Crippen LogP contribution in [0.1, 0.15) is 18.2 Å². The number of carbonyl (C=O) groups excluding carboxylic acids is 3. The molecule has 152 valence electrons. The Morgan fingerprint density at radius 2 is 1.90 bits per heavy atom. The Morgan fingerprint density at radius 1 is 1.14 bits per heavy atom. The zero-order valence-electron chi connectivity index (χ0n) is 16.6. The highest BCUT2D eigenvalue weighted by molar-refractivity contribution is 6.08. The van der Waals surface area contributed by atoms with Crippen LogP contribution in [0.25, 0.3) is 0 Å². The Balaban J connectivity index is 1.38. The normalized spacial score (nSPS) is 22.2. The summed E-state index contributed by atoms with van der Waals surface area (Å²) in [4.78, 5) is 42.8. The number of aryl methyl sites for hydroxylation is 1. The van der Waals surface area contributed by atoms with Gasteiger partial charge >= 0.3 is 6.03 Å². The summed E-state index contributed by atoms with van der Waals surface area (Å²) in [5.74, 6) is -0.372. The number of amides is 4. The number of urea groups is 1. The van der Waals surface area contributed by atoms with E-state index in [4.69, 9.17) is 4.42 Å². The van der Waals surface area contributed by atoms with Crippen LogP contribution in [0.4, 0.5) is 10.5 Å². The molecule has 1 aromatic heterocycles. The van der Waals surface area contributed by atoms with Gasteiger partial charge in [-0.3, -0.25) is 14.5 Å². The number of nitrogens with zero attached hydrogens (tertiary/aromatic N) is 3. The van der Waals surface area contributed by atoms with Gasteiger partial charge in [-0.25, -0.2) is 4.79 Å².